The van der Waals surface area contributed by atoms with E-state index < -0.39 is 15.9 Å². The number of hydrogen-bond donors (Lipinski definition) is 3. The van der Waals surface area contributed by atoms with Crippen LogP contribution in [0.15, 0.2) is 0 Å². The first kappa shape index (κ1) is 10.2. The van der Waals surface area contributed by atoms with Gasteiger partial charge >= 0.3 is 0 Å². The third kappa shape index (κ3) is 5.62. The van der Waals surface area contributed by atoms with Gasteiger partial charge < -0.3 is 10.6 Å². The van der Waals surface area contributed by atoms with Gasteiger partial charge in [-0.1, -0.05) is 0 Å². The third-order valence-electron chi connectivity index (χ3n) is 1.10. The van der Waals surface area contributed by atoms with E-state index in [1.807, 2.05) is 0 Å². The lowest BCUT2D eigenvalue weighted by atomic mass is 10.6. The fourth-order valence-corrected chi connectivity index (χ4v) is 0.877. The van der Waals surface area contributed by atoms with Gasteiger partial charge in [-0.05, 0) is 0 Å². The molecule has 0 saturated carbocycles. The summed E-state index contributed by atoms with van der Waals surface area (Å²) in [5.74, 6) is -0.642. The van der Waals surface area contributed by atoms with E-state index >= 15 is 0 Å². The molecule has 0 aliphatic carbocycles. The molecular weight excluding hydrogens is 170 g/mol. The number of rotatable bonds is 3. The molecule has 4 N–H and O–H groups in total. The Morgan fingerprint density at radius 1 is 1.73 bits per heavy atom. The third-order valence-corrected chi connectivity index (χ3v) is 1.79. The molecular formula is C4H11N3O3S. The summed E-state index contributed by atoms with van der Waals surface area (Å²) in [7, 11) is -2.48. The summed E-state index contributed by atoms with van der Waals surface area (Å²) < 4.78 is 28.6. The molecule has 0 atom stereocenters. The zero-order valence-corrected chi connectivity index (χ0v) is 6.93. The molecule has 0 heterocycles. The summed E-state index contributed by atoms with van der Waals surface area (Å²) in [5, 5.41) is 6.84. The molecule has 0 saturated heterocycles. The first-order chi connectivity index (χ1) is 4.83. The molecule has 11 heavy (non-hydrogen) atoms. The number of nitrogens with zero attached hydrogens (tertiary/aromatic N) is 1. The van der Waals surface area contributed by atoms with Crippen LogP contribution in [-0.4, -0.2) is 43.2 Å². The Morgan fingerprint density at radius 3 is 2.45 bits per heavy atom. The van der Waals surface area contributed by atoms with E-state index in [1.165, 1.54) is 11.9 Å². The van der Waals surface area contributed by atoms with Gasteiger partial charge in [0.25, 0.3) is 10.1 Å². The van der Waals surface area contributed by atoms with Gasteiger partial charge in [-0.15, -0.1) is 0 Å². The van der Waals surface area contributed by atoms with E-state index in [2.05, 4.69) is 0 Å². The van der Waals surface area contributed by atoms with Crippen LogP contribution in [-0.2, 0) is 10.1 Å². The highest BCUT2D eigenvalue weighted by Gasteiger charge is 2.07. The minimum Gasteiger partial charge on any atom is -0.370 e. The lowest BCUT2D eigenvalue weighted by Gasteiger charge is -2.14. The Balaban J connectivity index is 3.82. The second-order valence-electron chi connectivity index (χ2n) is 2.09. The smallest absolute Gasteiger partial charge is 0.266 e. The molecule has 7 heteroatoms. The van der Waals surface area contributed by atoms with E-state index in [0.717, 1.165) is 0 Å². The van der Waals surface area contributed by atoms with E-state index in [1.54, 1.807) is 0 Å². The average Bonchev–Trinajstić information content (AvgIpc) is 1.80. The molecule has 0 radical (unpaired) electrons. The quantitative estimate of drug-likeness (QED) is 0.285. The first-order valence-corrected chi connectivity index (χ1v) is 4.44. The molecule has 0 unspecified atom stereocenters. The Labute approximate surface area is 65.2 Å². The Kier molecular flexibility index (Phi) is 3.27. The summed E-state index contributed by atoms with van der Waals surface area (Å²) >= 11 is 0. The topological polar surface area (TPSA) is 107 Å². The minimum absolute atomic E-state index is 0.0220. The van der Waals surface area contributed by atoms with E-state index in [-0.39, 0.29) is 12.5 Å². The normalized spacial score (nSPS) is 11.1. The van der Waals surface area contributed by atoms with Gasteiger partial charge in [0.05, 0.1) is 5.75 Å². The monoisotopic (exact) mass is 181 g/mol. The predicted octanol–water partition coefficient (Wildman–Crippen LogP) is -1.30. The fraction of sp³-hybridized carbons (Fsp3) is 0.750. The van der Waals surface area contributed by atoms with Crippen LogP contribution in [0.1, 0.15) is 0 Å². The maximum atomic E-state index is 10.2. The molecule has 6 nitrogen and oxygen atoms in total. The zero-order valence-electron chi connectivity index (χ0n) is 6.11. The van der Waals surface area contributed by atoms with E-state index in [0.29, 0.717) is 0 Å². The lowest BCUT2D eigenvalue weighted by molar-refractivity contribution is 0.463. The molecule has 66 valence electrons. The zero-order chi connectivity index (χ0) is 9.07. The molecule has 0 aliphatic rings. The highest BCUT2D eigenvalue weighted by atomic mass is 32.2. The van der Waals surface area contributed by atoms with Crippen LogP contribution >= 0.6 is 0 Å². The van der Waals surface area contributed by atoms with Crippen molar-refractivity contribution >= 4 is 16.1 Å². The van der Waals surface area contributed by atoms with Crippen LogP contribution in [0.3, 0.4) is 0 Å². The molecule has 0 amide bonds. The van der Waals surface area contributed by atoms with Gasteiger partial charge in [0.2, 0.25) is 0 Å². The van der Waals surface area contributed by atoms with Gasteiger partial charge in [0.1, 0.15) is 0 Å². The standard InChI is InChI=1S/C4H11N3O3S/c1-7(4(5)6)2-3-11(8,9)10/h2-3H2,1H3,(H3,5,6)(H,8,9,10). The summed E-state index contributed by atoms with van der Waals surface area (Å²) in [6, 6.07) is 0. The average molecular weight is 181 g/mol. The van der Waals surface area contributed by atoms with Gasteiger partial charge in [0, 0.05) is 13.6 Å². The molecule has 0 rings (SSSR count). The van der Waals surface area contributed by atoms with Crippen LogP contribution < -0.4 is 5.73 Å². The number of nitrogens with two attached hydrogens (primary N) is 1. The largest absolute Gasteiger partial charge is 0.370 e. The van der Waals surface area contributed by atoms with Crippen molar-refractivity contribution in [3.8, 4) is 0 Å². The molecule has 0 bridgehead atoms. The Bertz CT molecular complexity index is 235. The Hall–Kier alpha value is -0.820. The van der Waals surface area contributed by atoms with Crippen molar-refractivity contribution < 1.29 is 13.0 Å². The number of nitrogens with one attached hydrogen (secondary N) is 1. The van der Waals surface area contributed by atoms with Crippen LogP contribution in [0, 0.1) is 5.41 Å². The van der Waals surface area contributed by atoms with Gasteiger partial charge in [0.15, 0.2) is 5.96 Å². The minimum atomic E-state index is -3.95. The molecule has 0 aromatic carbocycles. The SMILES string of the molecule is CN(CCS(=O)(=O)O)C(=N)N. The summed E-state index contributed by atoms with van der Waals surface area (Å²) in [4.78, 5) is 1.22. The summed E-state index contributed by atoms with van der Waals surface area (Å²) in [5.41, 5.74) is 5.00. The fourth-order valence-electron chi connectivity index (χ4n) is 0.373. The molecule has 0 spiro atoms. The Morgan fingerprint density at radius 2 is 2.18 bits per heavy atom. The molecule has 0 aliphatic heterocycles. The van der Waals surface area contributed by atoms with Crippen LogP contribution in [0.4, 0.5) is 0 Å². The number of guanidine groups is 1. The van der Waals surface area contributed by atoms with Crippen LogP contribution in [0.2, 0.25) is 0 Å². The first-order valence-electron chi connectivity index (χ1n) is 2.83. The van der Waals surface area contributed by atoms with E-state index in [9.17, 15) is 8.42 Å². The maximum absolute atomic E-state index is 10.2. The van der Waals surface area contributed by atoms with Gasteiger partial charge in [-0.25, -0.2) is 0 Å². The van der Waals surface area contributed by atoms with Crippen LogP contribution in [0.25, 0.3) is 0 Å². The highest BCUT2D eigenvalue weighted by Crippen LogP contribution is 1.85. The molecule has 0 aromatic rings. The van der Waals surface area contributed by atoms with Crippen molar-refractivity contribution in [2.45, 2.75) is 0 Å². The summed E-state index contributed by atoms with van der Waals surface area (Å²) in [6.07, 6.45) is 0. The van der Waals surface area contributed by atoms with Crippen molar-refractivity contribution in [3.05, 3.63) is 0 Å². The van der Waals surface area contributed by atoms with Crippen molar-refractivity contribution in [2.75, 3.05) is 19.3 Å². The molecule has 0 fully saturated rings. The van der Waals surface area contributed by atoms with Gasteiger partial charge in [-0.3, -0.25) is 9.96 Å². The highest BCUT2D eigenvalue weighted by molar-refractivity contribution is 7.85. The van der Waals surface area contributed by atoms with Crippen LogP contribution in [0.5, 0.6) is 0 Å². The second-order valence-corrected chi connectivity index (χ2v) is 3.66. The molecule has 0 aromatic heterocycles. The van der Waals surface area contributed by atoms with Crippen molar-refractivity contribution in [2.24, 2.45) is 5.73 Å². The number of hydrogen-bond acceptors (Lipinski definition) is 3. The van der Waals surface area contributed by atoms with Crippen molar-refractivity contribution in [1.82, 2.24) is 4.90 Å². The van der Waals surface area contributed by atoms with E-state index in [4.69, 9.17) is 15.7 Å². The maximum Gasteiger partial charge on any atom is 0.266 e. The predicted molar refractivity (Wildman–Crippen MR) is 41.0 cm³/mol. The van der Waals surface area contributed by atoms with Gasteiger partial charge in [-0.2, -0.15) is 8.42 Å². The van der Waals surface area contributed by atoms with Crippen molar-refractivity contribution in [1.29, 1.82) is 5.41 Å². The summed E-state index contributed by atoms with van der Waals surface area (Å²) in [6.45, 7) is 0.0220. The van der Waals surface area contributed by atoms with Crippen molar-refractivity contribution in [3.63, 3.8) is 0 Å². The second kappa shape index (κ2) is 3.54. The lowest BCUT2D eigenvalue weighted by Crippen LogP contribution is -2.36.